The molecule has 0 heterocycles. The SMILES string of the molecule is CCc1ccccc1C(=O)NC1(c2cc(Br)cc3ccccc23)CC1. The molecule has 0 bridgehead atoms. The van der Waals surface area contributed by atoms with E-state index in [1.54, 1.807) is 0 Å². The average Bonchev–Trinajstić information content (AvgIpc) is 3.41. The number of carbonyl (C=O) groups excluding carboxylic acids is 1. The van der Waals surface area contributed by atoms with Crippen LogP contribution in [0.25, 0.3) is 10.8 Å². The van der Waals surface area contributed by atoms with Crippen molar-refractivity contribution in [1.82, 2.24) is 5.32 Å². The first-order chi connectivity index (χ1) is 12.1. The van der Waals surface area contributed by atoms with E-state index in [2.05, 4.69) is 58.5 Å². The van der Waals surface area contributed by atoms with Crippen LogP contribution in [0.4, 0.5) is 0 Å². The van der Waals surface area contributed by atoms with Crippen molar-refractivity contribution < 1.29 is 4.79 Å². The highest BCUT2D eigenvalue weighted by Crippen LogP contribution is 2.49. The number of nitrogens with one attached hydrogen (secondary N) is 1. The predicted octanol–water partition coefficient (Wildman–Crippen LogP) is 5.58. The van der Waals surface area contributed by atoms with E-state index in [0.29, 0.717) is 0 Å². The Hall–Kier alpha value is -2.13. The molecule has 0 unspecified atom stereocenters. The van der Waals surface area contributed by atoms with Gasteiger partial charge in [-0.05, 0) is 59.4 Å². The summed E-state index contributed by atoms with van der Waals surface area (Å²) in [5, 5.41) is 5.75. The molecular formula is C22H20BrNO. The highest BCUT2D eigenvalue weighted by molar-refractivity contribution is 9.10. The smallest absolute Gasteiger partial charge is 0.252 e. The molecule has 3 aromatic carbocycles. The van der Waals surface area contributed by atoms with Gasteiger partial charge in [-0.1, -0.05) is 65.3 Å². The molecule has 2 nitrogen and oxygen atoms in total. The van der Waals surface area contributed by atoms with Crippen LogP contribution in [-0.2, 0) is 12.0 Å². The van der Waals surface area contributed by atoms with Gasteiger partial charge in [0.05, 0.1) is 5.54 Å². The van der Waals surface area contributed by atoms with E-state index in [0.717, 1.165) is 34.9 Å². The van der Waals surface area contributed by atoms with Crippen LogP contribution in [0.3, 0.4) is 0 Å². The highest BCUT2D eigenvalue weighted by atomic mass is 79.9. The quantitative estimate of drug-likeness (QED) is 0.615. The van der Waals surface area contributed by atoms with Crippen LogP contribution in [0.1, 0.15) is 41.3 Å². The fraction of sp³-hybridized carbons (Fsp3) is 0.227. The van der Waals surface area contributed by atoms with Crippen molar-refractivity contribution in [2.24, 2.45) is 0 Å². The van der Waals surface area contributed by atoms with E-state index in [1.807, 2.05) is 30.3 Å². The predicted molar refractivity (Wildman–Crippen MR) is 106 cm³/mol. The van der Waals surface area contributed by atoms with Crippen LogP contribution >= 0.6 is 15.9 Å². The second kappa shape index (κ2) is 6.30. The number of hydrogen-bond donors (Lipinski definition) is 1. The lowest BCUT2D eigenvalue weighted by atomic mass is 9.96. The molecule has 0 spiro atoms. The van der Waals surface area contributed by atoms with Crippen LogP contribution in [0, 0.1) is 0 Å². The van der Waals surface area contributed by atoms with Crippen molar-refractivity contribution in [3.63, 3.8) is 0 Å². The van der Waals surface area contributed by atoms with Crippen LogP contribution in [0.5, 0.6) is 0 Å². The van der Waals surface area contributed by atoms with Crippen molar-refractivity contribution in [3.05, 3.63) is 81.8 Å². The minimum absolute atomic E-state index is 0.0269. The Labute approximate surface area is 156 Å². The molecular weight excluding hydrogens is 374 g/mol. The van der Waals surface area contributed by atoms with E-state index in [-0.39, 0.29) is 11.4 Å². The molecule has 0 atom stereocenters. The summed E-state index contributed by atoms with van der Waals surface area (Å²) in [5.41, 5.74) is 2.84. The van der Waals surface area contributed by atoms with Gasteiger partial charge in [0.2, 0.25) is 0 Å². The monoisotopic (exact) mass is 393 g/mol. The number of halogens is 1. The summed E-state index contributed by atoms with van der Waals surface area (Å²) in [6, 6.07) is 20.5. The molecule has 0 aromatic heterocycles. The van der Waals surface area contributed by atoms with Crippen LogP contribution in [-0.4, -0.2) is 5.91 Å². The van der Waals surface area contributed by atoms with Crippen LogP contribution < -0.4 is 5.32 Å². The topological polar surface area (TPSA) is 29.1 Å². The molecule has 1 aliphatic carbocycles. The molecule has 0 radical (unpaired) electrons. The van der Waals surface area contributed by atoms with Crippen molar-refractivity contribution in [1.29, 1.82) is 0 Å². The number of fused-ring (bicyclic) bond motifs is 1. The normalized spacial score (nSPS) is 15.1. The number of hydrogen-bond acceptors (Lipinski definition) is 1. The summed E-state index contributed by atoms with van der Waals surface area (Å²) in [7, 11) is 0. The molecule has 1 N–H and O–H groups in total. The maximum atomic E-state index is 13.0. The summed E-state index contributed by atoms with van der Waals surface area (Å²) in [6.07, 6.45) is 2.82. The lowest BCUT2D eigenvalue weighted by Crippen LogP contribution is -2.35. The third kappa shape index (κ3) is 2.98. The average molecular weight is 394 g/mol. The summed E-state index contributed by atoms with van der Waals surface area (Å²) in [5.74, 6) is 0.0269. The van der Waals surface area contributed by atoms with E-state index in [1.165, 1.54) is 16.3 Å². The first-order valence-electron chi connectivity index (χ1n) is 8.72. The van der Waals surface area contributed by atoms with Crippen molar-refractivity contribution in [2.75, 3.05) is 0 Å². The molecule has 1 fully saturated rings. The Morgan fingerprint density at radius 3 is 2.56 bits per heavy atom. The summed E-state index contributed by atoms with van der Waals surface area (Å²) in [4.78, 5) is 13.0. The number of aryl methyl sites for hydroxylation is 1. The Morgan fingerprint density at radius 2 is 1.80 bits per heavy atom. The first kappa shape index (κ1) is 16.3. The molecule has 3 aromatic rings. The van der Waals surface area contributed by atoms with Gasteiger partial charge >= 0.3 is 0 Å². The van der Waals surface area contributed by atoms with Gasteiger partial charge in [-0.2, -0.15) is 0 Å². The van der Waals surface area contributed by atoms with Gasteiger partial charge in [-0.3, -0.25) is 4.79 Å². The van der Waals surface area contributed by atoms with Crippen molar-refractivity contribution in [3.8, 4) is 0 Å². The fourth-order valence-corrected chi connectivity index (χ4v) is 4.07. The maximum Gasteiger partial charge on any atom is 0.252 e. The van der Waals surface area contributed by atoms with E-state index >= 15 is 0 Å². The summed E-state index contributed by atoms with van der Waals surface area (Å²) < 4.78 is 1.05. The Bertz CT molecular complexity index is 959. The summed E-state index contributed by atoms with van der Waals surface area (Å²) in [6.45, 7) is 2.08. The van der Waals surface area contributed by atoms with Crippen molar-refractivity contribution in [2.45, 2.75) is 31.7 Å². The first-order valence-corrected chi connectivity index (χ1v) is 9.51. The molecule has 25 heavy (non-hydrogen) atoms. The Morgan fingerprint density at radius 1 is 1.08 bits per heavy atom. The lowest BCUT2D eigenvalue weighted by Gasteiger charge is -2.21. The Kier molecular flexibility index (Phi) is 4.12. The van der Waals surface area contributed by atoms with Gasteiger partial charge in [-0.25, -0.2) is 0 Å². The third-order valence-electron chi connectivity index (χ3n) is 5.09. The largest absolute Gasteiger partial charge is 0.342 e. The van der Waals surface area contributed by atoms with Gasteiger partial charge in [0.15, 0.2) is 0 Å². The zero-order valence-electron chi connectivity index (χ0n) is 14.2. The third-order valence-corrected chi connectivity index (χ3v) is 5.55. The van der Waals surface area contributed by atoms with Crippen molar-refractivity contribution >= 4 is 32.6 Å². The molecule has 126 valence electrons. The van der Waals surface area contributed by atoms with Gasteiger partial charge < -0.3 is 5.32 Å². The zero-order valence-corrected chi connectivity index (χ0v) is 15.8. The van der Waals surface area contributed by atoms with Gasteiger partial charge in [0.25, 0.3) is 5.91 Å². The second-order valence-electron chi connectivity index (χ2n) is 6.72. The van der Waals surface area contributed by atoms with Gasteiger partial charge in [-0.15, -0.1) is 0 Å². The standard InChI is InChI=1S/C22H20BrNO/c1-2-15-7-3-6-10-19(15)21(25)24-22(11-12-22)20-14-17(23)13-16-8-4-5-9-18(16)20/h3-10,13-14H,2,11-12H2,1H3,(H,24,25). The lowest BCUT2D eigenvalue weighted by molar-refractivity contribution is 0.0930. The maximum absolute atomic E-state index is 13.0. The fourth-order valence-electron chi connectivity index (χ4n) is 3.59. The summed E-state index contributed by atoms with van der Waals surface area (Å²) >= 11 is 3.62. The second-order valence-corrected chi connectivity index (χ2v) is 7.64. The van der Waals surface area contributed by atoms with Gasteiger partial charge in [0, 0.05) is 10.0 Å². The number of rotatable bonds is 4. The Balaban J connectivity index is 1.73. The molecule has 1 aliphatic rings. The number of carbonyl (C=O) groups is 1. The molecule has 1 saturated carbocycles. The minimum Gasteiger partial charge on any atom is -0.342 e. The minimum atomic E-state index is -0.249. The number of benzene rings is 3. The molecule has 3 heteroatoms. The molecule has 0 saturated heterocycles. The molecule has 1 amide bonds. The van der Waals surface area contributed by atoms with E-state index in [4.69, 9.17) is 0 Å². The highest BCUT2D eigenvalue weighted by Gasteiger charge is 2.47. The number of amides is 1. The van der Waals surface area contributed by atoms with E-state index < -0.39 is 0 Å². The molecule has 0 aliphatic heterocycles. The van der Waals surface area contributed by atoms with Crippen LogP contribution in [0.15, 0.2) is 65.1 Å². The van der Waals surface area contributed by atoms with E-state index in [9.17, 15) is 4.79 Å². The van der Waals surface area contributed by atoms with Crippen LogP contribution in [0.2, 0.25) is 0 Å². The zero-order chi connectivity index (χ0) is 17.4. The molecule has 4 rings (SSSR count). The van der Waals surface area contributed by atoms with Gasteiger partial charge in [0.1, 0.15) is 0 Å².